The van der Waals surface area contributed by atoms with E-state index in [1.165, 1.54) is 24.1 Å². The number of methoxy groups -OCH3 is 1. The summed E-state index contributed by atoms with van der Waals surface area (Å²) >= 11 is 6.17. The van der Waals surface area contributed by atoms with Crippen LogP contribution in [0.15, 0.2) is 66.9 Å². The van der Waals surface area contributed by atoms with E-state index in [9.17, 15) is 9.18 Å². The van der Waals surface area contributed by atoms with Gasteiger partial charge in [-0.15, -0.1) is 0 Å². The van der Waals surface area contributed by atoms with E-state index >= 15 is 0 Å². The number of pyridine rings is 1. The van der Waals surface area contributed by atoms with Gasteiger partial charge in [0, 0.05) is 16.8 Å². The molecule has 1 amide bonds. The van der Waals surface area contributed by atoms with Gasteiger partial charge in [0.1, 0.15) is 11.6 Å². The number of ether oxygens (including phenoxy) is 2. The number of para-hydroxylation sites is 2. The molecule has 0 aliphatic heterocycles. The number of halogens is 2. The quantitative estimate of drug-likeness (QED) is 0.552. The van der Waals surface area contributed by atoms with Crippen molar-refractivity contribution in [3.8, 4) is 11.5 Å². The Kier molecular flexibility index (Phi) is 6.67. The summed E-state index contributed by atoms with van der Waals surface area (Å²) in [6, 6.07) is 16.6. The van der Waals surface area contributed by atoms with Crippen molar-refractivity contribution in [1.29, 1.82) is 0 Å². The number of rotatable bonds is 7. The summed E-state index contributed by atoms with van der Waals surface area (Å²) in [5, 5.41) is 0.233. The van der Waals surface area contributed by atoms with Crippen molar-refractivity contribution < 1.29 is 18.7 Å². The van der Waals surface area contributed by atoms with Gasteiger partial charge >= 0.3 is 0 Å². The second kappa shape index (κ2) is 9.39. The highest BCUT2D eigenvalue weighted by Gasteiger charge is 2.27. The zero-order valence-electron chi connectivity index (χ0n) is 16.0. The largest absolute Gasteiger partial charge is 0.493 e. The van der Waals surface area contributed by atoms with Gasteiger partial charge in [0.25, 0.3) is 5.91 Å². The van der Waals surface area contributed by atoms with Crippen LogP contribution in [0.1, 0.15) is 12.5 Å². The fourth-order valence-electron chi connectivity index (χ4n) is 2.80. The summed E-state index contributed by atoms with van der Waals surface area (Å²) in [5.41, 5.74) is 0.206. The molecule has 1 aromatic heterocycles. The van der Waals surface area contributed by atoms with Gasteiger partial charge in [-0.2, -0.15) is 0 Å². The third kappa shape index (κ3) is 4.84. The molecule has 0 bridgehead atoms. The van der Waals surface area contributed by atoms with Crippen LogP contribution in [0, 0.1) is 5.82 Å². The monoisotopic (exact) mass is 414 g/mol. The predicted octanol–water partition coefficient (Wildman–Crippen LogP) is 4.88. The Hall–Kier alpha value is -3.12. The first kappa shape index (κ1) is 20.6. The number of anilines is 1. The van der Waals surface area contributed by atoms with Crippen molar-refractivity contribution in [2.75, 3.05) is 12.0 Å². The normalized spacial score (nSPS) is 11.6. The molecular formula is C22H20ClFN2O3. The van der Waals surface area contributed by atoms with Gasteiger partial charge in [-0.25, -0.2) is 9.37 Å². The first-order valence-electron chi connectivity index (χ1n) is 8.96. The van der Waals surface area contributed by atoms with E-state index in [0.29, 0.717) is 17.3 Å². The van der Waals surface area contributed by atoms with Crippen LogP contribution >= 0.6 is 11.6 Å². The molecule has 0 fully saturated rings. The Morgan fingerprint density at radius 3 is 2.48 bits per heavy atom. The molecule has 0 aliphatic rings. The maximum atomic E-state index is 14.3. The Labute approximate surface area is 173 Å². The first-order chi connectivity index (χ1) is 14.0. The van der Waals surface area contributed by atoms with Crippen LogP contribution in [0.2, 0.25) is 5.02 Å². The van der Waals surface area contributed by atoms with Crippen LogP contribution < -0.4 is 14.4 Å². The van der Waals surface area contributed by atoms with E-state index in [0.717, 1.165) is 0 Å². The summed E-state index contributed by atoms with van der Waals surface area (Å²) in [4.78, 5) is 18.8. The molecule has 3 rings (SSSR count). The number of benzene rings is 2. The van der Waals surface area contributed by atoms with E-state index in [-0.39, 0.29) is 17.1 Å². The van der Waals surface area contributed by atoms with Crippen LogP contribution in [-0.4, -0.2) is 24.1 Å². The lowest BCUT2D eigenvalue weighted by atomic mass is 10.1. The van der Waals surface area contributed by atoms with Gasteiger partial charge in [0.2, 0.25) is 0 Å². The van der Waals surface area contributed by atoms with E-state index in [1.54, 1.807) is 61.7 Å². The molecule has 3 aromatic rings. The molecule has 2 aromatic carbocycles. The average molecular weight is 415 g/mol. The average Bonchev–Trinajstić information content (AvgIpc) is 2.74. The van der Waals surface area contributed by atoms with Crippen molar-refractivity contribution in [2.24, 2.45) is 0 Å². The van der Waals surface area contributed by atoms with E-state index < -0.39 is 17.8 Å². The second-order valence-corrected chi connectivity index (χ2v) is 6.63. The Morgan fingerprint density at radius 1 is 1.10 bits per heavy atom. The third-order valence-corrected chi connectivity index (χ3v) is 4.64. The number of hydrogen-bond donors (Lipinski definition) is 0. The Bertz CT molecular complexity index is 965. The van der Waals surface area contributed by atoms with Crippen molar-refractivity contribution in [2.45, 2.75) is 19.6 Å². The maximum absolute atomic E-state index is 14.3. The van der Waals surface area contributed by atoms with Gasteiger partial charge in [0.15, 0.2) is 17.6 Å². The topological polar surface area (TPSA) is 51.7 Å². The zero-order valence-corrected chi connectivity index (χ0v) is 16.8. The molecule has 29 heavy (non-hydrogen) atoms. The summed E-state index contributed by atoms with van der Waals surface area (Å²) in [7, 11) is 1.52. The lowest BCUT2D eigenvalue weighted by Gasteiger charge is -2.26. The molecular weight excluding hydrogens is 395 g/mol. The van der Waals surface area contributed by atoms with E-state index in [2.05, 4.69) is 4.98 Å². The minimum atomic E-state index is -0.876. The minimum Gasteiger partial charge on any atom is -0.493 e. The first-order valence-corrected chi connectivity index (χ1v) is 9.34. The molecule has 0 N–H and O–H groups in total. The van der Waals surface area contributed by atoms with E-state index in [4.69, 9.17) is 21.1 Å². The molecule has 0 radical (unpaired) electrons. The van der Waals surface area contributed by atoms with Gasteiger partial charge in [0.05, 0.1) is 13.7 Å². The lowest BCUT2D eigenvalue weighted by Crippen LogP contribution is -2.41. The molecule has 0 spiro atoms. The molecule has 150 valence electrons. The van der Waals surface area contributed by atoms with Crippen LogP contribution in [0.5, 0.6) is 11.5 Å². The number of carbonyl (C=O) groups is 1. The highest BCUT2D eigenvalue weighted by atomic mass is 35.5. The fraction of sp³-hybridized carbons (Fsp3) is 0.182. The van der Waals surface area contributed by atoms with Crippen LogP contribution in [0.4, 0.5) is 10.2 Å². The van der Waals surface area contributed by atoms with Crippen LogP contribution in [0.3, 0.4) is 0 Å². The number of amides is 1. The summed E-state index contributed by atoms with van der Waals surface area (Å²) in [6.07, 6.45) is 0.684. The predicted molar refractivity (Wildman–Crippen MR) is 110 cm³/mol. The minimum absolute atomic E-state index is 0.0824. The zero-order chi connectivity index (χ0) is 20.8. The summed E-state index contributed by atoms with van der Waals surface area (Å²) in [6.45, 7) is 1.54. The molecule has 5 nitrogen and oxygen atoms in total. The maximum Gasteiger partial charge on any atom is 0.269 e. The number of hydrogen-bond acceptors (Lipinski definition) is 4. The molecule has 0 saturated carbocycles. The van der Waals surface area contributed by atoms with Gasteiger partial charge in [-0.3, -0.25) is 9.69 Å². The lowest BCUT2D eigenvalue weighted by molar-refractivity contribution is -0.124. The standard InChI is InChI=1S/C22H20ClFN2O3/c1-15(29-20-11-4-3-10-19(20)28-2)22(27)26(21-12-5-6-13-25-21)14-16-17(23)8-7-9-18(16)24/h3-13,15H,14H2,1-2H3. The van der Waals surface area contributed by atoms with Crippen molar-refractivity contribution >= 4 is 23.3 Å². The smallest absolute Gasteiger partial charge is 0.269 e. The molecule has 7 heteroatoms. The molecule has 1 atom stereocenters. The summed E-state index contributed by atoms with van der Waals surface area (Å²) < 4.78 is 25.4. The SMILES string of the molecule is COc1ccccc1OC(C)C(=O)N(Cc1c(F)cccc1Cl)c1ccccn1. The van der Waals surface area contributed by atoms with Crippen molar-refractivity contribution in [3.63, 3.8) is 0 Å². The van der Waals surface area contributed by atoms with Gasteiger partial charge in [-0.1, -0.05) is 35.9 Å². The molecule has 0 aliphatic carbocycles. The Morgan fingerprint density at radius 2 is 1.83 bits per heavy atom. The van der Waals surface area contributed by atoms with Gasteiger partial charge < -0.3 is 9.47 Å². The molecule has 0 saturated heterocycles. The summed E-state index contributed by atoms with van der Waals surface area (Å²) in [5.74, 6) is 0.417. The van der Waals surface area contributed by atoms with Crippen molar-refractivity contribution in [1.82, 2.24) is 4.98 Å². The number of carbonyl (C=O) groups excluding carboxylic acids is 1. The molecule has 1 unspecified atom stereocenters. The highest BCUT2D eigenvalue weighted by Crippen LogP contribution is 2.28. The number of aromatic nitrogens is 1. The van der Waals surface area contributed by atoms with Crippen molar-refractivity contribution in [3.05, 3.63) is 83.3 Å². The third-order valence-electron chi connectivity index (χ3n) is 4.29. The van der Waals surface area contributed by atoms with E-state index in [1.807, 2.05) is 0 Å². The Balaban J connectivity index is 1.90. The highest BCUT2D eigenvalue weighted by molar-refractivity contribution is 6.31. The molecule has 1 heterocycles. The van der Waals surface area contributed by atoms with Gasteiger partial charge in [-0.05, 0) is 43.3 Å². The van der Waals surface area contributed by atoms with Crippen LogP contribution in [-0.2, 0) is 11.3 Å². The second-order valence-electron chi connectivity index (χ2n) is 6.22. The number of nitrogens with zero attached hydrogens (tertiary/aromatic N) is 2. The fourth-order valence-corrected chi connectivity index (χ4v) is 3.03. The van der Waals surface area contributed by atoms with Crippen LogP contribution in [0.25, 0.3) is 0 Å².